The van der Waals surface area contributed by atoms with Crippen molar-refractivity contribution in [2.75, 3.05) is 19.6 Å². The molecule has 0 spiro atoms. The van der Waals surface area contributed by atoms with Crippen molar-refractivity contribution in [2.24, 2.45) is 5.92 Å². The third-order valence-corrected chi connectivity index (χ3v) is 2.97. The Morgan fingerprint density at radius 1 is 1.17 bits per heavy atom. The first-order chi connectivity index (χ1) is 5.83. The Morgan fingerprint density at radius 2 is 1.75 bits per heavy atom. The maximum absolute atomic E-state index is 2.65. The van der Waals surface area contributed by atoms with E-state index in [9.17, 15) is 0 Å². The summed E-state index contributed by atoms with van der Waals surface area (Å²) in [6.07, 6.45) is 5.76. The number of hydrogen-bond donors (Lipinski definition) is 0. The Hall–Kier alpha value is 0.557. The first-order valence-corrected chi connectivity index (χ1v) is 5.55. The minimum absolute atomic E-state index is 0.892. The SMILES string of the molecule is [Li][CH2]C(C)CN1CCCCCC1. The molecule has 1 rings (SSSR count). The van der Waals surface area contributed by atoms with Crippen LogP contribution in [0, 0.1) is 5.92 Å². The summed E-state index contributed by atoms with van der Waals surface area (Å²) in [5, 5.41) is 1.33. The van der Waals surface area contributed by atoms with Gasteiger partial charge in [0.1, 0.15) is 0 Å². The van der Waals surface area contributed by atoms with Crippen molar-refractivity contribution in [2.45, 2.75) is 37.7 Å². The van der Waals surface area contributed by atoms with E-state index in [-0.39, 0.29) is 0 Å². The molecular formula is C10H20LiN. The molecule has 0 bridgehead atoms. The predicted molar refractivity (Wildman–Crippen MR) is 54.6 cm³/mol. The van der Waals surface area contributed by atoms with E-state index in [2.05, 4.69) is 29.5 Å². The summed E-state index contributed by atoms with van der Waals surface area (Å²) in [5.74, 6) is 0.892. The Labute approximate surface area is 86.1 Å². The zero-order chi connectivity index (χ0) is 8.81. The fourth-order valence-electron chi connectivity index (χ4n) is 1.89. The molecule has 1 heterocycles. The molecule has 0 aromatic rings. The van der Waals surface area contributed by atoms with Gasteiger partial charge in [0.15, 0.2) is 0 Å². The van der Waals surface area contributed by atoms with E-state index in [1.807, 2.05) is 0 Å². The van der Waals surface area contributed by atoms with Crippen LogP contribution in [0.15, 0.2) is 0 Å². The van der Waals surface area contributed by atoms with Crippen LogP contribution in [0.5, 0.6) is 0 Å². The van der Waals surface area contributed by atoms with Crippen molar-refractivity contribution < 1.29 is 0 Å². The van der Waals surface area contributed by atoms with Gasteiger partial charge in [0.05, 0.1) is 0 Å². The molecule has 2 heteroatoms. The van der Waals surface area contributed by atoms with Gasteiger partial charge in [0.2, 0.25) is 0 Å². The molecule has 1 aliphatic heterocycles. The second-order valence-electron chi connectivity index (χ2n) is 4.23. The van der Waals surface area contributed by atoms with Gasteiger partial charge in [-0.05, 0) is 0 Å². The fourth-order valence-corrected chi connectivity index (χ4v) is 1.89. The van der Waals surface area contributed by atoms with Gasteiger partial charge >= 0.3 is 85.9 Å². The second-order valence-corrected chi connectivity index (χ2v) is 4.23. The zero-order valence-corrected chi connectivity index (χ0v) is 8.68. The van der Waals surface area contributed by atoms with E-state index in [1.54, 1.807) is 0 Å². The van der Waals surface area contributed by atoms with Gasteiger partial charge in [-0.25, -0.2) is 0 Å². The normalized spacial score (nSPS) is 23.6. The Kier molecular flexibility index (Phi) is 5.39. The Morgan fingerprint density at radius 3 is 2.25 bits per heavy atom. The molecule has 1 fully saturated rings. The van der Waals surface area contributed by atoms with Crippen LogP contribution in [0.4, 0.5) is 0 Å². The summed E-state index contributed by atoms with van der Waals surface area (Å²) in [6, 6.07) is 0. The van der Waals surface area contributed by atoms with E-state index in [1.165, 1.54) is 50.4 Å². The average Bonchev–Trinajstić information content (AvgIpc) is 2.33. The summed E-state index contributed by atoms with van der Waals surface area (Å²) < 4.78 is 0. The van der Waals surface area contributed by atoms with Crippen molar-refractivity contribution >= 4 is 17.7 Å². The van der Waals surface area contributed by atoms with Crippen molar-refractivity contribution in [1.82, 2.24) is 4.90 Å². The van der Waals surface area contributed by atoms with Crippen molar-refractivity contribution in [3.63, 3.8) is 0 Å². The molecule has 0 saturated carbocycles. The van der Waals surface area contributed by atoms with Gasteiger partial charge in [0.25, 0.3) is 0 Å². The Bertz CT molecular complexity index is 108. The molecule has 1 nitrogen and oxygen atoms in total. The van der Waals surface area contributed by atoms with Gasteiger partial charge in [0, 0.05) is 0 Å². The third kappa shape index (κ3) is 3.98. The van der Waals surface area contributed by atoms with Crippen molar-refractivity contribution in [3.8, 4) is 0 Å². The quantitative estimate of drug-likeness (QED) is 0.573. The Balaban J connectivity index is 2.20. The van der Waals surface area contributed by atoms with E-state index in [0.29, 0.717) is 0 Å². The van der Waals surface area contributed by atoms with Crippen LogP contribution >= 0.6 is 0 Å². The molecule has 1 atom stereocenters. The molecule has 0 aliphatic carbocycles. The fraction of sp³-hybridized carbons (Fsp3) is 1.00. The average molecular weight is 161 g/mol. The summed E-state index contributed by atoms with van der Waals surface area (Å²) in [4.78, 5) is 2.65. The van der Waals surface area contributed by atoms with Crippen LogP contribution in [0.3, 0.4) is 0 Å². The second kappa shape index (κ2) is 6.08. The van der Waals surface area contributed by atoms with Crippen LogP contribution in [-0.2, 0) is 0 Å². The van der Waals surface area contributed by atoms with Crippen LogP contribution in [0.25, 0.3) is 0 Å². The molecule has 0 amide bonds. The van der Waals surface area contributed by atoms with Gasteiger partial charge in [-0.2, -0.15) is 0 Å². The maximum atomic E-state index is 2.65. The first kappa shape index (κ1) is 10.6. The summed E-state index contributed by atoms with van der Waals surface area (Å²) >= 11 is 2.29. The zero-order valence-electron chi connectivity index (χ0n) is 8.68. The van der Waals surface area contributed by atoms with Crippen LogP contribution in [0.2, 0.25) is 5.09 Å². The number of hydrogen-bond acceptors (Lipinski definition) is 1. The van der Waals surface area contributed by atoms with Gasteiger partial charge in [-0.15, -0.1) is 0 Å². The van der Waals surface area contributed by atoms with Crippen LogP contribution in [0.1, 0.15) is 32.6 Å². The van der Waals surface area contributed by atoms with Gasteiger partial charge in [-0.1, -0.05) is 0 Å². The summed E-state index contributed by atoms with van der Waals surface area (Å²) in [7, 11) is 0. The summed E-state index contributed by atoms with van der Waals surface area (Å²) in [5.41, 5.74) is 0. The first-order valence-electron chi connectivity index (χ1n) is 5.55. The minimum atomic E-state index is 0.892. The van der Waals surface area contributed by atoms with E-state index in [0.717, 1.165) is 5.92 Å². The van der Waals surface area contributed by atoms with Crippen LogP contribution < -0.4 is 0 Å². The molecule has 12 heavy (non-hydrogen) atoms. The molecule has 0 aromatic heterocycles. The van der Waals surface area contributed by atoms with Crippen LogP contribution in [-0.4, -0.2) is 42.2 Å². The predicted octanol–water partition coefficient (Wildman–Crippen LogP) is 2.09. The van der Waals surface area contributed by atoms with Crippen molar-refractivity contribution in [3.05, 3.63) is 0 Å². The molecule has 66 valence electrons. The molecule has 1 unspecified atom stereocenters. The van der Waals surface area contributed by atoms with Crippen molar-refractivity contribution in [1.29, 1.82) is 0 Å². The topological polar surface area (TPSA) is 3.24 Å². The molecular weight excluding hydrogens is 141 g/mol. The molecule has 0 aromatic carbocycles. The number of rotatable bonds is 3. The molecule has 0 N–H and O–H groups in total. The van der Waals surface area contributed by atoms with E-state index < -0.39 is 0 Å². The van der Waals surface area contributed by atoms with E-state index >= 15 is 0 Å². The molecule has 0 radical (unpaired) electrons. The number of likely N-dealkylation sites (tertiary alicyclic amines) is 1. The van der Waals surface area contributed by atoms with Gasteiger partial charge in [-0.3, -0.25) is 0 Å². The monoisotopic (exact) mass is 161 g/mol. The standard InChI is InChI=1S/C10H20N.Li/c1-10(2)9-11-7-5-3-4-6-8-11;/h10H,1,3-9H2,2H3;. The van der Waals surface area contributed by atoms with Gasteiger partial charge < -0.3 is 0 Å². The molecule has 1 aliphatic rings. The molecule has 1 saturated heterocycles. The summed E-state index contributed by atoms with van der Waals surface area (Å²) in [6.45, 7) is 6.40. The number of nitrogens with zero attached hydrogens (tertiary/aromatic N) is 1. The third-order valence-electron chi connectivity index (χ3n) is 2.97. The van der Waals surface area contributed by atoms with E-state index in [4.69, 9.17) is 0 Å².